The molecule has 24 heavy (non-hydrogen) atoms. The van der Waals surface area contributed by atoms with Crippen LogP contribution in [0.1, 0.15) is 11.1 Å². The van der Waals surface area contributed by atoms with Crippen LogP contribution in [0, 0.1) is 10.1 Å². The SMILES string of the molecule is O=[N+]([O-])c1cccc(CSc2nnc3ccc(C(F)(F)F)cn23)c1. The van der Waals surface area contributed by atoms with Crippen LogP contribution < -0.4 is 0 Å². The van der Waals surface area contributed by atoms with E-state index in [4.69, 9.17) is 0 Å². The van der Waals surface area contributed by atoms with E-state index in [1.54, 1.807) is 12.1 Å². The van der Waals surface area contributed by atoms with Gasteiger partial charge in [0.05, 0.1) is 10.5 Å². The quantitative estimate of drug-likeness (QED) is 0.403. The number of nitro groups is 1. The molecule has 10 heteroatoms. The summed E-state index contributed by atoms with van der Waals surface area (Å²) in [6.45, 7) is 0. The third kappa shape index (κ3) is 3.32. The van der Waals surface area contributed by atoms with E-state index in [1.807, 2.05) is 0 Å². The van der Waals surface area contributed by atoms with Gasteiger partial charge in [0.25, 0.3) is 5.69 Å². The van der Waals surface area contributed by atoms with Gasteiger partial charge in [0.2, 0.25) is 0 Å². The standard InChI is InChI=1S/C14H9F3N4O2S/c15-14(16,17)10-4-5-12-18-19-13(20(12)7-10)24-8-9-2-1-3-11(6-9)21(22)23/h1-7H,8H2. The van der Waals surface area contributed by atoms with Crippen molar-refractivity contribution < 1.29 is 18.1 Å². The van der Waals surface area contributed by atoms with Gasteiger partial charge in [-0.15, -0.1) is 10.2 Å². The molecule has 0 fully saturated rings. The number of nitro benzene ring substituents is 1. The van der Waals surface area contributed by atoms with Crippen molar-refractivity contribution in [2.75, 3.05) is 0 Å². The van der Waals surface area contributed by atoms with Crippen LogP contribution >= 0.6 is 11.8 Å². The van der Waals surface area contributed by atoms with Crippen LogP contribution in [0.3, 0.4) is 0 Å². The average Bonchev–Trinajstić information content (AvgIpc) is 2.94. The molecule has 0 N–H and O–H groups in total. The van der Waals surface area contributed by atoms with Gasteiger partial charge in [-0.05, 0) is 17.7 Å². The smallest absolute Gasteiger partial charge is 0.277 e. The van der Waals surface area contributed by atoms with E-state index in [0.29, 0.717) is 17.0 Å². The fourth-order valence-corrected chi connectivity index (χ4v) is 2.90. The first-order valence-electron chi connectivity index (χ1n) is 6.63. The van der Waals surface area contributed by atoms with Crippen LogP contribution in [0.2, 0.25) is 0 Å². The van der Waals surface area contributed by atoms with Gasteiger partial charge in [-0.25, -0.2) is 0 Å². The van der Waals surface area contributed by atoms with E-state index >= 15 is 0 Å². The number of hydrogen-bond acceptors (Lipinski definition) is 5. The molecule has 0 atom stereocenters. The zero-order valence-electron chi connectivity index (χ0n) is 11.9. The van der Waals surface area contributed by atoms with E-state index in [1.165, 1.54) is 22.6 Å². The first kappa shape index (κ1) is 16.2. The first-order valence-corrected chi connectivity index (χ1v) is 7.61. The van der Waals surface area contributed by atoms with Crippen LogP contribution in [0.15, 0.2) is 47.8 Å². The fraction of sp³-hybridized carbons (Fsp3) is 0.143. The highest BCUT2D eigenvalue weighted by molar-refractivity contribution is 7.98. The number of benzene rings is 1. The molecule has 2 aromatic heterocycles. The van der Waals surface area contributed by atoms with Gasteiger partial charge in [-0.3, -0.25) is 14.5 Å². The Balaban J connectivity index is 1.85. The molecular formula is C14H9F3N4O2S. The Kier molecular flexibility index (Phi) is 4.14. The van der Waals surface area contributed by atoms with Crippen LogP contribution in [-0.4, -0.2) is 19.5 Å². The highest BCUT2D eigenvalue weighted by Gasteiger charge is 2.31. The summed E-state index contributed by atoms with van der Waals surface area (Å²) >= 11 is 1.15. The highest BCUT2D eigenvalue weighted by Crippen LogP contribution is 2.30. The molecular weight excluding hydrogens is 345 g/mol. The molecule has 0 bridgehead atoms. The maximum atomic E-state index is 12.8. The van der Waals surface area contributed by atoms with Crippen LogP contribution in [-0.2, 0) is 11.9 Å². The second-order valence-corrected chi connectivity index (χ2v) is 5.78. The van der Waals surface area contributed by atoms with Crippen LogP contribution in [0.4, 0.5) is 18.9 Å². The second kappa shape index (κ2) is 6.11. The van der Waals surface area contributed by atoms with Gasteiger partial charge in [0.1, 0.15) is 0 Å². The molecule has 0 aliphatic heterocycles. The third-order valence-electron chi connectivity index (χ3n) is 3.19. The number of alkyl halides is 3. The molecule has 0 saturated carbocycles. The van der Waals surface area contributed by atoms with Crippen molar-refractivity contribution in [1.29, 1.82) is 0 Å². The largest absolute Gasteiger partial charge is 0.417 e. The molecule has 0 unspecified atom stereocenters. The summed E-state index contributed by atoms with van der Waals surface area (Å²) in [6.07, 6.45) is -3.52. The van der Waals surface area contributed by atoms with Crippen molar-refractivity contribution in [2.24, 2.45) is 0 Å². The van der Waals surface area contributed by atoms with Crippen molar-refractivity contribution in [2.45, 2.75) is 17.1 Å². The van der Waals surface area contributed by atoms with Crippen molar-refractivity contribution in [3.8, 4) is 0 Å². The Morgan fingerprint density at radius 2 is 2.00 bits per heavy atom. The molecule has 0 saturated heterocycles. The highest BCUT2D eigenvalue weighted by atomic mass is 32.2. The van der Waals surface area contributed by atoms with E-state index in [9.17, 15) is 23.3 Å². The summed E-state index contributed by atoms with van der Waals surface area (Å²) in [5.41, 5.74) is 0.119. The van der Waals surface area contributed by atoms with Gasteiger partial charge in [0.15, 0.2) is 10.8 Å². The van der Waals surface area contributed by atoms with E-state index < -0.39 is 16.7 Å². The molecule has 0 aliphatic carbocycles. The number of fused-ring (bicyclic) bond motifs is 1. The minimum absolute atomic E-state index is 0.0430. The predicted octanol–water partition coefficient (Wildman–Crippen LogP) is 3.95. The Labute approximate surface area is 137 Å². The maximum Gasteiger partial charge on any atom is 0.417 e. The maximum absolute atomic E-state index is 12.8. The molecule has 3 rings (SSSR count). The van der Waals surface area contributed by atoms with Crippen LogP contribution in [0.25, 0.3) is 5.65 Å². The Bertz CT molecular complexity index is 910. The third-order valence-corrected chi connectivity index (χ3v) is 4.20. The lowest BCUT2D eigenvalue weighted by Gasteiger charge is -2.07. The molecule has 3 aromatic rings. The van der Waals surface area contributed by atoms with Gasteiger partial charge in [-0.1, -0.05) is 23.9 Å². The summed E-state index contributed by atoms with van der Waals surface area (Å²) in [7, 11) is 0. The van der Waals surface area contributed by atoms with E-state index in [2.05, 4.69) is 10.2 Å². The van der Waals surface area contributed by atoms with Crippen molar-refractivity contribution >= 4 is 23.1 Å². The summed E-state index contributed by atoms with van der Waals surface area (Å²) < 4.78 is 39.7. The van der Waals surface area contributed by atoms with Gasteiger partial charge in [0, 0.05) is 24.1 Å². The molecule has 0 aliphatic rings. The molecule has 0 radical (unpaired) electrons. The second-order valence-electron chi connectivity index (χ2n) is 4.84. The lowest BCUT2D eigenvalue weighted by molar-refractivity contribution is -0.384. The number of thioether (sulfide) groups is 1. The Hall–Kier alpha value is -2.62. The van der Waals surface area contributed by atoms with Gasteiger partial charge < -0.3 is 0 Å². The average molecular weight is 354 g/mol. The van der Waals surface area contributed by atoms with Gasteiger partial charge in [-0.2, -0.15) is 13.2 Å². The molecule has 2 heterocycles. The predicted molar refractivity (Wildman–Crippen MR) is 80.6 cm³/mol. The Morgan fingerprint density at radius 3 is 2.71 bits per heavy atom. The van der Waals surface area contributed by atoms with Crippen molar-refractivity contribution in [1.82, 2.24) is 14.6 Å². The number of rotatable bonds is 4. The summed E-state index contributed by atoms with van der Waals surface area (Å²) in [5.74, 6) is 0.318. The van der Waals surface area contributed by atoms with Crippen molar-refractivity contribution in [3.05, 3.63) is 63.8 Å². The van der Waals surface area contributed by atoms with Crippen LogP contribution in [0.5, 0.6) is 0 Å². The molecule has 6 nitrogen and oxygen atoms in total. The minimum Gasteiger partial charge on any atom is -0.277 e. The number of halogens is 3. The zero-order valence-corrected chi connectivity index (χ0v) is 12.7. The molecule has 124 valence electrons. The first-order chi connectivity index (χ1) is 11.3. The number of hydrogen-bond donors (Lipinski definition) is 0. The fourth-order valence-electron chi connectivity index (χ4n) is 2.04. The molecule has 0 amide bonds. The number of non-ortho nitro benzene ring substituents is 1. The topological polar surface area (TPSA) is 73.3 Å². The Morgan fingerprint density at radius 1 is 1.21 bits per heavy atom. The monoisotopic (exact) mass is 354 g/mol. The summed E-state index contributed by atoms with van der Waals surface area (Å²) in [6, 6.07) is 8.22. The van der Waals surface area contributed by atoms with Gasteiger partial charge >= 0.3 is 6.18 Å². The molecule has 1 aromatic carbocycles. The van der Waals surface area contributed by atoms with Crippen molar-refractivity contribution in [3.63, 3.8) is 0 Å². The van der Waals surface area contributed by atoms with E-state index in [0.717, 1.165) is 24.0 Å². The minimum atomic E-state index is -4.46. The number of aromatic nitrogens is 3. The number of pyridine rings is 1. The normalized spacial score (nSPS) is 11.8. The zero-order chi connectivity index (χ0) is 17.3. The molecule has 0 spiro atoms. The lowest BCUT2D eigenvalue weighted by Crippen LogP contribution is -2.06. The van der Waals surface area contributed by atoms with E-state index in [-0.39, 0.29) is 10.8 Å². The summed E-state index contributed by atoms with van der Waals surface area (Å²) in [4.78, 5) is 10.3. The number of nitrogens with zero attached hydrogens (tertiary/aromatic N) is 4. The lowest BCUT2D eigenvalue weighted by atomic mass is 10.2. The summed E-state index contributed by atoms with van der Waals surface area (Å²) in [5, 5.41) is 18.7.